The summed E-state index contributed by atoms with van der Waals surface area (Å²) < 4.78 is 5.66. The molecule has 1 atom stereocenters. The molecule has 0 saturated carbocycles. The lowest BCUT2D eigenvalue weighted by atomic mass is 10.1. The van der Waals surface area contributed by atoms with Crippen molar-refractivity contribution in [2.45, 2.75) is 26.4 Å². The van der Waals surface area contributed by atoms with E-state index in [1.54, 1.807) is 25.3 Å². The summed E-state index contributed by atoms with van der Waals surface area (Å²) in [5.41, 5.74) is 1.80. The van der Waals surface area contributed by atoms with Gasteiger partial charge in [0.15, 0.2) is 0 Å². The Morgan fingerprint density at radius 1 is 1.32 bits per heavy atom. The first kappa shape index (κ1) is 13.8. The number of aromatic nitrogens is 1. The molecule has 0 aliphatic rings. The molecule has 0 bridgehead atoms. The Bertz CT molecular complexity index is 553. The van der Waals surface area contributed by atoms with Crippen LogP contribution in [0.4, 0.5) is 0 Å². The van der Waals surface area contributed by atoms with E-state index >= 15 is 0 Å². The minimum absolute atomic E-state index is 0.494. The molecule has 100 valence electrons. The van der Waals surface area contributed by atoms with Gasteiger partial charge >= 0.3 is 0 Å². The summed E-state index contributed by atoms with van der Waals surface area (Å²) in [7, 11) is 0. The summed E-state index contributed by atoms with van der Waals surface area (Å²) in [6.07, 6.45) is 1.94. The average molecular weight is 278 g/mol. The van der Waals surface area contributed by atoms with Gasteiger partial charge < -0.3 is 9.84 Å². The third-order valence-corrected chi connectivity index (χ3v) is 3.23. The van der Waals surface area contributed by atoms with Crippen LogP contribution < -0.4 is 4.74 Å². The number of halogens is 1. The molecule has 3 nitrogen and oxygen atoms in total. The number of hydrogen-bond donors (Lipinski definition) is 1. The number of aliphatic hydroxyl groups is 1. The molecule has 0 spiro atoms. The number of aliphatic hydroxyl groups excluding tert-OH is 1. The van der Waals surface area contributed by atoms with Crippen molar-refractivity contribution in [2.75, 3.05) is 0 Å². The van der Waals surface area contributed by atoms with E-state index in [0.717, 1.165) is 22.6 Å². The van der Waals surface area contributed by atoms with Crippen LogP contribution in [-0.4, -0.2) is 10.1 Å². The van der Waals surface area contributed by atoms with Crippen LogP contribution in [0.1, 0.15) is 31.1 Å². The summed E-state index contributed by atoms with van der Waals surface area (Å²) in [5, 5.41) is 10.2. The van der Waals surface area contributed by atoms with Crippen molar-refractivity contribution in [3.8, 4) is 11.6 Å². The third-order valence-electron chi connectivity index (χ3n) is 2.86. The van der Waals surface area contributed by atoms with Gasteiger partial charge in [-0.05, 0) is 48.7 Å². The van der Waals surface area contributed by atoms with Gasteiger partial charge in [-0.2, -0.15) is 0 Å². The van der Waals surface area contributed by atoms with E-state index in [9.17, 15) is 5.11 Å². The predicted molar refractivity (Wildman–Crippen MR) is 75.8 cm³/mol. The molecular formula is C15H16ClNO2. The Labute approximate surface area is 117 Å². The number of nitrogens with zero attached hydrogens (tertiary/aromatic N) is 1. The Morgan fingerprint density at radius 3 is 2.68 bits per heavy atom. The third kappa shape index (κ3) is 3.46. The first-order valence-corrected chi connectivity index (χ1v) is 6.58. The number of rotatable bonds is 4. The lowest BCUT2D eigenvalue weighted by molar-refractivity contribution is 0.198. The second kappa shape index (κ2) is 6.04. The van der Waals surface area contributed by atoms with Crippen LogP contribution >= 0.6 is 11.6 Å². The standard InChI is InChI=1S/C15H16ClNO2/c1-3-11-8-13(5-6-14(11)16)19-15-7-4-12(9-17-15)10(2)18/h4-10,18H,3H2,1-2H3/t10-/m0/s1. The molecule has 1 N–H and O–H groups in total. The fourth-order valence-electron chi connectivity index (χ4n) is 1.71. The quantitative estimate of drug-likeness (QED) is 0.913. The largest absolute Gasteiger partial charge is 0.439 e. The molecule has 0 saturated heterocycles. The number of benzene rings is 1. The van der Waals surface area contributed by atoms with Crippen molar-refractivity contribution in [3.05, 3.63) is 52.7 Å². The monoisotopic (exact) mass is 277 g/mol. The molecule has 0 fully saturated rings. The fraction of sp³-hybridized carbons (Fsp3) is 0.267. The van der Waals surface area contributed by atoms with Crippen LogP contribution in [0.15, 0.2) is 36.5 Å². The molecule has 1 aromatic heterocycles. The van der Waals surface area contributed by atoms with Gasteiger partial charge in [0.2, 0.25) is 5.88 Å². The normalized spacial score (nSPS) is 12.2. The summed E-state index contributed by atoms with van der Waals surface area (Å²) in [6.45, 7) is 3.74. The molecular weight excluding hydrogens is 262 g/mol. The molecule has 1 aromatic carbocycles. The van der Waals surface area contributed by atoms with E-state index in [1.165, 1.54) is 0 Å². The Balaban J connectivity index is 2.16. The summed E-state index contributed by atoms with van der Waals surface area (Å²) >= 11 is 6.06. The van der Waals surface area contributed by atoms with E-state index in [-0.39, 0.29) is 0 Å². The van der Waals surface area contributed by atoms with Gasteiger partial charge in [0.05, 0.1) is 6.10 Å². The molecule has 2 aromatic rings. The highest BCUT2D eigenvalue weighted by Crippen LogP contribution is 2.26. The van der Waals surface area contributed by atoms with E-state index in [0.29, 0.717) is 11.6 Å². The maximum absolute atomic E-state index is 9.41. The van der Waals surface area contributed by atoms with Gasteiger partial charge in [-0.25, -0.2) is 4.98 Å². The van der Waals surface area contributed by atoms with Gasteiger partial charge in [0.25, 0.3) is 0 Å². The summed E-state index contributed by atoms with van der Waals surface area (Å²) in [6, 6.07) is 9.07. The van der Waals surface area contributed by atoms with Crippen LogP contribution in [0.3, 0.4) is 0 Å². The highest BCUT2D eigenvalue weighted by atomic mass is 35.5. The van der Waals surface area contributed by atoms with E-state index in [4.69, 9.17) is 16.3 Å². The molecule has 0 aliphatic carbocycles. The van der Waals surface area contributed by atoms with Crippen LogP contribution in [-0.2, 0) is 6.42 Å². The van der Waals surface area contributed by atoms with Gasteiger partial charge in [-0.15, -0.1) is 0 Å². The molecule has 0 unspecified atom stereocenters. The van der Waals surface area contributed by atoms with Crippen LogP contribution in [0.25, 0.3) is 0 Å². The zero-order valence-electron chi connectivity index (χ0n) is 10.9. The molecule has 2 rings (SSSR count). The minimum atomic E-state index is -0.524. The maximum Gasteiger partial charge on any atom is 0.219 e. The smallest absolute Gasteiger partial charge is 0.219 e. The zero-order valence-corrected chi connectivity index (χ0v) is 11.7. The highest BCUT2D eigenvalue weighted by molar-refractivity contribution is 6.31. The zero-order chi connectivity index (χ0) is 13.8. The van der Waals surface area contributed by atoms with Crippen molar-refractivity contribution >= 4 is 11.6 Å². The number of aryl methyl sites for hydroxylation is 1. The second-order valence-corrected chi connectivity index (χ2v) is 4.72. The second-order valence-electron chi connectivity index (χ2n) is 4.31. The average Bonchev–Trinajstić information content (AvgIpc) is 2.41. The maximum atomic E-state index is 9.41. The van der Waals surface area contributed by atoms with Gasteiger partial charge in [-0.1, -0.05) is 18.5 Å². The Hall–Kier alpha value is -1.58. The summed E-state index contributed by atoms with van der Waals surface area (Å²) in [4.78, 5) is 4.16. The molecule has 1 heterocycles. The van der Waals surface area contributed by atoms with Crippen molar-refractivity contribution in [1.29, 1.82) is 0 Å². The molecule has 0 amide bonds. The number of hydrogen-bond acceptors (Lipinski definition) is 3. The molecule has 0 radical (unpaired) electrons. The first-order chi connectivity index (χ1) is 9.10. The predicted octanol–water partition coefficient (Wildman–Crippen LogP) is 4.14. The van der Waals surface area contributed by atoms with Gasteiger partial charge in [-0.3, -0.25) is 0 Å². The lowest BCUT2D eigenvalue weighted by Crippen LogP contribution is -1.94. The molecule has 19 heavy (non-hydrogen) atoms. The number of pyridine rings is 1. The van der Waals surface area contributed by atoms with Crippen LogP contribution in [0.2, 0.25) is 5.02 Å². The van der Waals surface area contributed by atoms with Crippen molar-refractivity contribution < 1.29 is 9.84 Å². The topological polar surface area (TPSA) is 42.4 Å². The Kier molecular flexibility index (Phi) is 4.40. The van der Waals surface area contributed by atoms with E-state index in [1.807, 2.05) is 25.1 Å². The van der Waals surface area contributed by atoms with Gasteiger partial charge in [0, 0.05) is 17.3 Å². The van der Waals surface area contributed by atoms with E-state index in [2.05, 4.69) is 4.98 Å². The molecule has 4 heteroatoms. The number of ether oxygens (including phenoxy) is 1. The lowest BCUT2D eigenvalue weighted by Gasteiger charge is -2.09. The van der Waals surface area contributed by atoms with Crippen LogP contribution in [0.5, 0.6) is 11.6 Å². The van der Waals surface area contributed by atoms with Crippen molar-refractivity contribution in [2.24, 2.45) is 0 Å². The van der Waals surface area contributed by atoms with Crippen molar-refractivity contribution in [1.82, 2.24) is 4.98 Å². The highest BCUT2D eigenvalue weighted by Gasteiger charge is 2.05. The summed E-state index contributed by atoms with van der Waals surface area (Å²) in [5.74, 6) is 1.20. The van der Waals surface area contributed by atoms with Crippen molar-refractivity contribution in [3.63, 3.8) is 0 Å². The first-order valence-electron chi connectivity index (χ1n) is 6.20. The Morgan fingerprint density at radius 2 is 2.11 bits per heavy atom. The van der Waals surface area contributed by atoms with E-state index < -0.39 is 6.10 Å². The molecule has 0 aliphatic heterocycles. The fourth-order valence-corrected chi connectivity index (χ4v) is 1.96. The van der Waals surface area contributed by atoms with Gasteiger partial charge in [0.1, 0.15) is 5.75 Å². The SMILES string of the molecule is CCc1cc(Oc2ccc([C@H](C)O)cn2)ccc1Cl. The van der Waals surface area contributed by atoms with Crippen LogP contribution in [0, 0.1) is 0 Å². The minimum Gasteiger partial charge on any atom is -0.439 e.